The Bertz CT molecular complexity index is 3400. The lowest BCUT2D eigenvalue weighted by molar-refractivity contribution is 0.670. The van der Waals surface area contributed by atoms with E-state index in [0.717, 1.165) is 27.5 Å². The molecule has 51 heavy (non-hydrogen) atoms. The van der Waals surface area contributed by atoms with Gasteiger partial charge in [0.25, 0.3) is 0 Å². The fourth-order valence-electron chi connectivity index (χ4n) is 8.91. The highest BCUT2D eigenvalue weighted by Crippen LogP contribution is 2.45. The van der Waals surface area contributed by atoms with Crippen LogP contribution >= 0.6 is 0 Å². The minimum atomic E-state index is 0.913. The van der Waals surface area contributed by atoms with Crippen LogP contribution in [0.1, 0.15) is 0 Å². The molecule has 0 radical (unpaired) electrons. The molecule has 0 amide bonds. The van der Waals surface area contributed by atoms with Gasteiger partial charge >= 0.3 is 0 Å². The van der Waals surface area contributed by atoms with Crippen LogP contribution < -0.4 is 0 Å². The van der Waals surface area contributed by atoms with Gasteiger partial charge in [0.15, 0.2) is 0 Å². The van der Waals surface area contributed by atoms with E-state index in [-0.39, 0.29) is 0 Å². The minimum absolute atomic E-state index is 0.913. The van der Waals surface area contributed by atoms with E-state index in [2.05, 4.69) is 170 Å². The van der Waals surface area contributed by atoms with Crippen molar-refractivity contribution in [2.24, 2.45) is 0 Å². The van der Waals surface area contributed by atoms with Gasteiger partial charge in [-0.15, -0.1) is 0 Å². The molecule has 0 aliphatic rings. The molecule has 12 aromatic rings. The van der Waals surface area contributed by atoms with Crippen LogP contribution in [0.25, 0.3) is 120 Å². The molecule has 12 rings (SSSR count). The summed E-state index contributed by atoms with van der Waals surface area (Å²) in [7, 11) is 0. The Morgan fingerprint density at radius 2 is 0.863 bits per heavy atom. The number of rotatable bonds is 2. The van der Waals surface area contributed by atoms with E-state index in [9.17, 15) is 0 Å². The first-order chi connectivity index (χ1) is 25.2. The summed E-state index contributed by atoms with van der Waals surface area (Å²) in [6.45, 7) is 0. The molecule has 11 aromatic carbocycles. The molecular formula is C50H28O. The van der Waals surface area contributed by atoms with Gasteiger partial charge in [-0.3, -0.25) is 0 Å². The Hall–Kier alpha value is -6.70. The van der Waals surface area contributed by atoms with Crippen molar-refractivity contribution >= 4 is 97.3 Å². The van der Waals surface area contributed by atoms with Crippen LogP contribution in [0.15, 0.2) is 174 Å². The number of fused-ring (bicyclic) bond motifs is 9. The lowest BCUT2D eigenvalue weighted by Gasteiger charge is -2.15. The summed E-state index contributed by atoms with van der Waals surface area (Å²) in [5, 5.41) is 20.0. The molecule has 0 fully saturated rings. The van der Waals surface area contributed by atoms with Gasteiger partial charge in [0, 0.05) is 16.3 Å². The monoisotopic (exact) mass is 644 g/mol. The maximum atomic E-state index is 6.90. The van der Waals surface area contributed by atoms with Gasteiger partial charge in [-0.2, -0.15) is 0 Å². The average molecular weight is 645 g/mol. The Morgan fingerprint density at radius 3 is 1.69 bits per heavy atom. The van der Waals surface area contributed by atoms with Crippen LogP contribution in [-0.4, -0.2) is 0 Å². The largest absolute Gasteiger partial charge is 0.455 e. The Kier molecular flexibility index (Phi) is 5.29. The maximum absolute atomic E-state index is 6.90. The number of furan rings is 1. The highest BCUT2D eigenvalue weighted by Gasteiger charge is 2.20. The zero-order chi connectivity index (χ0) is 33.2. The van der Waals surface area contributed by atoms with Crippen LogP contribution in [0.4, 0.5) is 0 Å². The first-order valence-corrected chi connectivity index (χ1v) is 17.7. The number of benzene rings is 11. The number of hydrogen-bond donors (Lipinski definition) is 0. The fraction of sp³-hybridized carbons (Fsp3) is 0. The Labute approximate surface area is 292 Å². The molecule has 0 bridgehead atoms. The van der Waals surface area contributed by atoms with Crippen molar-refractivity contribution in [3.63, 3.8) is 0 Å². The van der Waals surface area contributed by atoms with Gasteiger partial charge < -0.3 is 4.42 Å². The molecule has 0 saturated carbocycles. The minimum Gasteiger partial charge on any atom is -0.455 e. The second-order valence-corrected chi connectivity index (χ2v) is 14.1. The second-order valence-electron chi connectivity index (χ2n) is 14.1. The van der Waals surface area contributed by atoms with Crippen LogP contribution in [0.3, 0.4) is 0 Å². The van der Waals surface area contributed by atoms with Gasteiger partial charge in [0.2, 0.25) is 0 Å². The van der Waals surface area contributed by atoms with Gasteiger partial charge in [-0.1, -0.05) is 140 Å². The summed E-state index contributed by atoms with van der Waals surface area (Å²) >= 11 is 0. The highest BCUT2D eigenvalue weighted by molar-refractivity contribution is 6.27. The second kappa shape index (κ2) is 9.94. The van der Waals surface area contributed by atoms with Crippen molar-refractivity contribution in [2.75, 3.05) is 0 Å². The first-order valence-electron chi connectivity index (χ1n) is 17.7. The SMILES string of the molecule is c1ccc2cc3c(cc2c1)oc1c(-c2ccc4ccc5cccc6ccc2c4c56)cc(-c2ccc4ccc5ccc6ccccc6c5c4c2)cc13. The fourth-order valence-corrected chi connectivity index (χ4v) is 8.91. The lowest BCUT2D eigenvalue weighted by atomic mass is 9.88. The van der Waals surface area contributed by atoms with E-state index in [1.54, 1.807) is 0 Å². The first kappa shape index (κ1) is 27.2. The normalized spacial score (nSPS) is 12.3. The summed E-state index contributed by atoms with van der Waals surface area (Å²) in [4.78, 5) is 0. The molecule has 1 heterocycles. The standard InChI is InChI=1S/C50H28O/c1-2-8-36-28-46-43(25-35(36)7-1)45-27-38(37-19-14-30-13-16-33-15-12-29-6-3-4-11-39(29)48(33)42(30)24-37)26-44(50(45)51-46)40-22-20-34-18-17-31-9-5-10-32-21-23-41(40)49(34)47(31)32/h1-28H. The Balaban J connectivity index is 1.20. The van der Waals surface area contributed by atoms with Crippen LogP contribution in [0, 0.1) is 0 Å². The van der Waals surface area contributed by atoms with Crippen molar-refractivity contribution in [1.29, 1.82) is 0 Å². The van der Waals surface area contributed by atoms with E-state index >= 15 is 0 Å². The Morgan fingerprint density at radius 1 is 0.275 bits per heavy atom. The van der Waals surface area contributed by atoms with E-state index in [1.807, 2.05) is 0 Å². The van der Waals surface area contributed by atoms with Crippen molar-refractivity contribution in [3.05, 3.63) is 170 Å². The molecule has 0 spiro atoms. The molecule has 0 saturated heterocycles. The zero-order valence-corrected chi connectivity index (χ0v) is 27.6. The lowest BCUT2D eigenvalue weighted by Crippen LogP contribution is -1.89. The predicted molar refractivity (Wildman–Crippen MR) is 218 cm³/mol. The molecular weight excluding hydrogens is 617 g/mol. The van der Waals surface area contributed by atoms with Gasteiger partial charge in [0.05, 0.1) is 0 Å². The molecule has 1 heteroatoms. The highest BCUT2D eigenvalue weighted by atomic mass is 16.3. The van der Waals surface area contributed by atoms with Crippen molar-refractivity contribution < 1.29 is 4.42 Å². The van der Waals surface area contributed by atoms with Gasteiger partial charge in [-0.05, 0) is 122 Å². The third-order valence-electron chi connectivity index (χ3n) is 11.3. The summed E-state index contributed by atoms with van der Waals surface area (Å²) in [6, 6.07) is 62.8. The van der Waals surface area contributed by atoms with Crippen molar-refractivity contribution in [2.45, 2.75) is 0 Å². The zero-order valence-electron chi connectivity index (χ0n) is 27.6. The van der Waals surface area contributed by atoms with E-state index in [0.29, 0.717) is 0 Å². The molecule has 234 valence electrons. The molecule has 0 atom stereocenters. The molecule has 0 aliphatic carbocycles. The van der Waals surface area contributed by atoms with Gasteiger partial charge in [-0.25, -0.2) is 0 Å². The van der Waals surface area contributed by atoms with Crippen LogP contribution in [-0.2, 0) is 0 Å². The topological polar surface area (TPSA) is 13.1 Å². The maximum Gasteiger partial charge on any atom is 0.143 e. The van der Waals surface area contributed by atoms with Crippen LogP contribution in [0.5, 0.6) is 0 Å². The molecule has 0 N–H and O–H groups in total. The average Bonchev–Trinajstić information content (AvgIpc) is 3.55. The summed E-state index contributed by atoms with van der Waals surface area (Å²) < 4.78 is 6.90. The summed E-state index contributed by atoms with van der Waals surface area (Å²) in [5.74, 6) is 0. The third kappa shape index (κ3) is 3.81. The smallest absolute Gasteiger partial charge is 0.143 e. The quantitative estimate of drug-likeness (QED) is 0.171. The molecule has 1 nitrogen and oxygen atoms in total. The van der Waals surface area contributed by atoms with Crippen molar-refractivity contribution in [3.8, 4) is 22.3 Å². The third-order valence-corrected chi connectivity index (χ3v) is 11.3. The summed E-state index contributed by atoms with van der Waals surface area (Å²) in [5.41, 5.74) is 6.52. The predicted octanol–water partition coefficient (Wildman–Crippen LogP) is 14.4. The van der Waals surface area contributed by atoms with Gasteiger partial charge in [0.1, 0.15) is 11.2 Å². The summed E-state index contributed by atoms with van der Waals surface area (Å²) in [6.07, 6.45) is 0. The van der Waals surface area contributed by atoms with E-state index in [4.69, 9.17) is 4.42 Å². The van der Waals surface area contributed by atoms with E-state index < -0.39 is 0 Å². The molecule has 0 unspecified atom stereocenters. The van der Waals surface area contributed by atoms with E-state index in [1.165, 1.54) is 92.1 Å². The number of hydrogen-bond acceptors (Lipinski definition) is 1. The van der Waals surface area contributed by atoms with Crippen molar-refractivity contribution in [1.82, 2.24) is 0 Å². The molecule has 1 aromatic heterocycles. The van der Waals surface area contributed by atoms with Crippen LogP contribution in [0.2, 0.25) is 0 Å². The molecule has 0 aliphatic heterocycles.